The highest BCUT2D eigenvalue weighted by atomic mass is 35.5. The van der Waals surface area contributed by atoms with Gasteiger partial charge in [-0.05, 0) is 54.4 Å². The summed E-state index contributed by atoms with van der Waals surface area (Å²) in [5.41, 5.74) is 1.46. The quantitative estimate of drug-likeness (QED) is 0.472. The minimum Gasteiger partial charge on any atom is -0.435 e. The molecule has 31 heavy (non-hydrogen) atoms. The van der Waals surface area contributed by atoms with Crippen molar-refractivity contribution in [3.63, 3.8) is 0 Å². The van der Waals surface area contributed by atoms with E-state index in [4.69, 9.17) is 11.6 Å². The van der Waals surface area contributed by atoms with Crippen LogP contribution >= 0.6 is 22.9 Å². The van der Waals surface area contributed by atoms with Crippen LogP contribution in [-0.4, -0.2) is 18.4 Å². The molecule has 0 fully saturated rings. The Kier molecular flexibility index (Phi) is 7.19. The molecule has 0 aliphatic rings. The number of anilines is 1. The minimum atomic E-state index is -2.90. The van der Waals surface area contributed by atoms with Gasteiger partial charge in [-0.3, -0.25) is 9.59 Å². The normalized spacial score (nSPS) is 10.8. The molecule has 2 aromatic carbocycles. The number of aryl methyl sites for hydroxylation is 1. The van der Waals surface area contributed by atoms with Crippen LogP contribution < -0.4 is 15.4 Å². The molecule has 3 rings (SSSR count). The zero-order valence-corrected chi connectivity index (χ0v) is 17.6. The van der Waals surface area contributed by atoms with E-state index in [-0.39, 0.29) is 28.8 Å². The van der Waals surface area contributed by atoms with Crippen molar-refractivity contribution >= 4 is 39.8 Å². The number of hydrogen-bond donors (Lipinski definition) is 2. The van der Waals surface area contributed by atoms with E-state index in [1.165, 1.54) is 18.2 Å². The van der Waals surface area contributed by atoms with Gasteiger partial charge in [0, 0.05) is 6.54 Å². The van der Waals surface area contributed by atoms with Gasteiger partial charge < -0.3 is 15.4 Å². The third kappa shape index (κ3) is 5.99. The first-order chi connectivity index (χ1) is 14.7. The van der Waals surface area contributed by atoms with Crippen LogP contribution in [0.4, 0.5) is 18.2 Å². The van der Waals surface area contributed by atoms with E-state index in [1.54, 1.807) is 25.1 Å². The second-order valence-corrected chi connectivity index (χ2v) is 7.87. The second-order valence-electron chi connectivity index (χ2n) is 6.41. The molecular formula is C21H16ClF3N2O3S. The molecule has 1 heterocycles. The maximum Gasteiger partial charge on any atom is 0.387 e. The highest BCUT2D eigenvalue weighted by Crippen LogP contribution is 2.28. The first-order valence-corrected chi connectivity index (χ1v) is 10.1. The Bertz CT molecular complexity index is 1100. The van der Waals surface area contributed by atoms with Crippen LogP contribution in [0.25, 0.3) is 0 Å². The van der Waals surface area contributed by atoms with Gasteiger partial charge >= 0.3 is 6.61 Å². The Hall–Kier alpha value is -3.04. The van der Waals surface area contributed by atoms with Gasteiger partial charge in [0.1, 0.15) is 11.6 Å². The van der Waals surface area contributed by atoms with Gasteiger partial charge in [-0.1, -0.05) is 23.7 Å². The maximum absolute atomic E-state index is 13.2. The van der Waals surface area contributed by atoms with Crippen molar-refractivity contribution in [3.8, 4) is 5.75 Å². The van der Waals surface area contributed by atoms with E-state index in [1.807, 2.05) is 0 Å². The molecule has 0 bridgehead atoms. The van der Waals surface area contributed by atoms with Crippen LogP contribution in [0.15, 0.2) is 48.5 Å². The lowest BCUT2D eigenvalue weighted by atomic mass is 10.2. The van der Waals surface area contributed by atoms with Gasteiger partial charge in [0.15, 0.2) is 0 Å². The Labute approximate surface area is 184 Å². The first kappa shape index (κ1) is 22.6. The van der Waals surface area contributed by atoms with Crippen molar-refractivity contribution < 1.29 is 27.5 Å². The molecule has 0 radical (unpaired) electrons. The fourth-order valence-corrected chi connectivity index (χ4v) is 3.91. The molecule has 2 amide bonds. The van der Waals surface area contributed by atoms with Crippen molar-refractivity contribution in [2.75, 3.05) is 5.32 Å². The summed E-state index contributed by atoms with van der Waals surface area (Å²) in [5, 5.41) is 5.80. The largest absolute Gasteiger partial charge is 0.435 e. The summed E-state index contributed by atoms with van der Waals surface area (Å²) in [5.74, 6) is -1.40. The molecule has 0 spiro atoms. The van der Waals surface area contributed by atoms with Crippen LogP contribution in [-0.2, 0) is 6.54 Å². The highest BCUT2D eigenvalue weighted by molar-refractivity contribution is 7.18. The van der Waals surface area contributed by atoms with E-state index in [0.717, 1.165) is 23.5 Å². The molecule has 3 aromatic rings. The molecule has 0 saturated carbocycles. The second kappa shape index (κ2) is 9.84. The lowest BCUT2D eigenvalue weighted by Gasteiger charge is -2.07. The van der Waals surface area contributed by atoms with Gasteiger partial charge in [0.25, 0.3) is 11.8 Å². The van der Waals surface area contributed by atoms with Gasteiger partial charge in [-0.15, -0.1) is 11.3 Å². The van der Waals surface area contributed by atoms with E-state index in [0.29, 0.717) is 21.0 Å². The minimum absolute atomic E-state index is 0.0197. The number of alkyl halides is 2. The number of ether oxygens (including phenoxy) is 1. The van der Waals surface area contributed by atoms with Crippen molar-refractivity contribution in [2.24, 2.45) is 0 Å². The Balaban J connectivity index is 1.62. The van der Waals surface area contributed by atoms with Crippen molar-refractivity contribution in [2.45, 2.75) is 20.1 Å². The Morgan fingerprint density at radius 3 is 2.45 bits per heavy atom. The molecule has 0 unspecified atom stereocenters. The fraction of sp³-hybridized carbons (Fsp3) is 0.143. The molecule has 0 aliphatic carbocycles. The fourth-order valence-electron chi connectivity index (χ4n) is 2.67. The molecule has 0 aliphatic heterocycles. The number of thiophene rings is 1. The van der Waals surface area contributed by atoms with Crippen LogP contribution in [0.5, 0.6) is 5.75 Å². The number of hydrogen-bond acceptors (Lipinski definition) is 4. The third-order valence-electron chi connectivity index (χ3n) is 4.14. The molecule has 0 saturated heterocycles. The summed E-state index contributed by atoms with van der Waals surface area (Å²) >= 11 is 6.98. The summed E-state index contributed by atoms with van der Waals surface area (Å²) in [6, 6.07) is 11.0. The Morgan fingerprint density at radius 1 is 1.10 bits per heavy atom. The van der Waals surface area contributed by atoms with Crippen LogP contribution in [0, 0.1) is 12.7 Å². The standard InChI is InChI=1S/C21H16ClF3N2O3S/c1-11-8-17(27-19(28)15-7-4-13(23)9-16(15)22)31-18(11)20(29)26-10-12-2-5-14(6-3-12)30-21(24)25/h2-9,21H,10H2,1H3,(H,26,29)(H,27,28). The molecule has 5 nitrogen and oxygen atoms in total. The molecule has 162 valence electrons. The van der Waals surface area contributed by atoms with Crippen LogP contribution in [0.1, 0.15) is 31.2 Å². The average molecular weight is 469 g/mol. The molecule has 10 heteroatoms. The Morgan fingerprint density at radius 2 is 1.81 bits per heavy atom. The van der Waals surface area contributed by atoms with Crippen LogP contribution in [0.3, 0.4) is 0 Å². The number of halogens is 4. The van der Waals surface area contributed by atoms with Crippen LogP contribution in [0.2, 0.25) is 5.02 Å². The third-order valence-corrected chi connectivity index (χ3v) is 5.60. The maximum atomic E-state index is 13.2. The summed E-state index contributed by atoms with van der Waals surface area (Å²) in [7, 11) is 0. The predicted molar refractivity (Wildman–Crippen MR) is 113 cm³/mol. The zero-order chi connectivity index (χ0) is 22.5. The summed E-state index contributed by atoms with van der Waals surface area (Å²) in [6.07, 6.45) is 0. The molecular weight excluding hydrogens is 453 g/mol. The predicted octanol–water partition coefficient (Wildman–Crippen LogP) is 5.63. The number of carbonyl (C=O) groups excluding carboxylic acids is 2. The average Bonchev–Trinajstić information content (AvgIpc) is 3.06. The number of benzene rings is 2. The molecule has 1 aromatic heterocycles. The number of amides is 2. The number of carbonyl (C=O) groups is 2. The van der Waals surface area contributed by atoms with E-state index < -0.39 is 18.3 Å². The highest BCUT2D eigenvalue weighted by Gasteiger charge is 2.17. The number of rotatable bonds is 7. The van der Waals surface area contributed by atoms with Gasteiger partial charge in [-0.2, -0.15) is 8.78 Å². The van der Waals surface area contributed by atoms with E-state index in [9.17, 15) is 22.8 Å². The summed E-state index contributed by atoms with van der Waals surface area (Å²) < 4.78 is 41.8. The van der Waals surface area contributed by atoms with E-state index >= 15 is 0 Å². The SMILES string of the molecule is Cc1cc(NC(=O)c2ccc(F)cc2Cl)sc1C(=O)NCc1ccc(OC(F)F)cc1. The monoisotopic (exact) mass is 468 g/mol. The van der Waals surface area contributed by atoms with E-state index in [2.05, 4.69) is 15.4 Å². The first-order valence-electron chi connectivity index (χ1n) is 8.91. The molecule has 0 atom stereocenters. The van der Waals surface area contributed by atoms with Crippen molar-refractivity contribution in [3.05, 3.63) is 80.9 Å². The van der Waals surface area contributed by atoms with Crippen molar-refractivity contribution in [1.82, 2.24) is 5.32 Å². The molecule has 2 N–H and O–H groups in total. The summed E-state index contributed by atoms with van der Waals surface area (Å²) in [6.45, 7) is -0.999. The van der Waals surface area contributed by atoms with Gasteiger partial charge in [0.05, 0.1) is 20.5 Å². The lowest BCUT2D eigenvalue weighted by Crippen LogP contribution is -2.22. The smallest absolute Gasteiger partial charge is 0.387 e. The lowest BCUT2D eigenvalue weighted by molar-refractivity contribution is -0.0498. The van der Waals surface area contributed by atoms with Gasteiger partial charge in [-0.25, -0.2) is 4.39 Å². The topological polar surface area (TPSA) is 67.4 Å². The van der Waals surface area contributed by atoms with Crippen molar-refractivity contribution in [1.29, 1.82) is 0 Å². The number of nitrogens with one attached hydrogen (secondary N) is 2. The van der Waals surface area contributed by atoms with Gasteiger partial charge in [0.2, 0.25) is 0 Å². The zero-order valence-electron chi connectivity index (χ0n) is 16.0. The summed E-state index contributed by atoms with van der Waals surface area (Å²) in [4.78, 5) is 25.3.